The van der Waals surface area contributed by atoms with Gasteiger partial charge in [-0.1, -0.05) is 0 Å². The lowest BCUT2D eigenvalue weighted by Crippen LogP contribution is -2.05. The fraction of sp³-hybridized carbons (Fsp3) is 0.800. The molecule has 0 aromatic rings. The quantitative estimate of drug-likeness (QED) is 0.325. The first kappa shape index (κ1) is 7.27. The van der Waals surface area contributed by atoms with Gasteiger partial charge in [-0.3, -0.25) is 0 Å². The first-order chi connectivity index (χ1) is 3.81. The van der Waals surface area contributed by atoms with E-state index in [0.29, 0.717) is 12.5 Å². The summed E-state index contributed by atoms with van der Waals surface area (Å²) in [4.78, 5) is 0. The van der Waals surface area contributed by atoms with Crippen molar-refractivity contribution in [2.45, 2.75) is 13.8 Å². The predicted molar refractivity (Wildman–Crippen MR) is 33.8 cm³/mol. The standard InChI is InChI=1S/C5H12N2O/c1-4-8-5(2)7-6-3/h6H,4H2,1-3H3/b7-5+. The fourth-order valence-electron chi connectivity index (χ4n) is 0.399. The Hall–Kier alpha value is -0.730. The normalized spacial score (nSPS) is 11.1. The summed E-state index contributed by atoms with van der Waals surface area (Å²) in [6.45, 7) is 4.41. The molecule has 0 bridgehead atoms. The van der Waals surface area contributed by atoms with E-state index in [-0.39, 0.29) is 0 Å². The number of hydrogen-bond donors (Lipinski definition) is 1. The van der Waals surface area contributed by atoms with Crippen LogP contribution >= 0.6 is 0 Å². The zero-order chi connectivity index (χ0) is 6.41. The Morgan fingerprint density at radius 3 is 2.75 bits per heavy atom. The summed E-state index contributed by atoms with van der Waals surface area (Å²) in [5.74, 6) is 0.676. The van der Waals surface area contributed by atoms with Gasteiger partial charge in [-0.05, 0) is 6.92 Å². The minimum Gasteiger partial charge on any atom is -0.480 e. The van der Waals surface area contributed by atoms with E-state index in [4.69, 9.17) is 4.74 Å². The first-order valence-corrected chi connectivity index (χ1v) is 2.65. The van der Waals surface area contributed by atoms with Gasteiger partial charge in [0, 0.05) is 14.0 Å². The van der Waals surface area contributed by atoms with Gasteiger partial charge in [0.05, 0.1) is 6.61 Å². The van der Waals surface area contributed by atoms with Crippen molar-refractivity contribution >= 4 is 5.90 Å². The third-order valence-corrected chi connectivity index (χ3v) is 0.622. The second-order valence-electron chi connectivity index (χ2n) is 1.29. The fourth-order valence-corrected chi connectivity index (χ4v) is 0.399. The molecule has 48 valence electrons. The van der Waals surface area contributed by atoms with Gasteiger partial charge in [0.1, 0.15) is 0 Å². The highest BCUT2D eigenvalue weighted by Crippen LogP contribution is 1.76. The molecular formula is C5H12N2O. The molecule has 0 rings (SSSR count). The Bertz CT molecular complexity index is 80.5. The van der Waals surface area contributed by atoms with Gasteiger partial charge in [0.2, 0.25) is 5.90 Å². The number of hydrazone groups is 1. The molecule has 0 saturated heterocycles. The summed E-state index contributed by atoms with van der Waals surface area (Å²) in [6.07, 6.45) is 0. The highest BCUT2D eigenvalue weighted by Gasteiger charge is 1.82. The molecule has 8 heavy (non-hydrogen) atoms. The molecule has 0 aromatic heterocycles. The largest absolute Gasteiger partial charge is 0.480 e. The molecule has 0 unspecified atom stereocenters. The van der Waals surface area contributed by atoms with Crippen LogP contribution in [0, 0.1) is 0 Å². The molecule has 0 aliphatic rings. The van der Waals surface area contributed by atoms with Crippen LogP contribution in [0.3, 0.4) is 0 Å². The average molecular weight is 116 g/mol. The van der Waals surface area contributed by atoms with Gasteiger partial charge in [-0.2, -0.15) is 0 Å². The van der Waals surface area contributed by atoms with Crippen LogP contribution in [-0.4, -0.2) is 19.6 Å². The van der Waals surface area contributed by atoms with Crippen molar-refractivity contribution in [2.75, 3.05) is 13.7 Å². The number of nitrogens with one attached hydrogen (secondary N) is 1. The van der Waals surface area contributed by atoms with Crippen LogP contribution in [0.4, 0.5) is 0 Å². The SMILES string of the molecule is CCO/C(C)=N/NC. The van der Waals surface area contributed by atoms with E-state index in [9.17, 15) is 0 Å². The summed E-state index contributed by atoms with van der Waals surface area (Å²) < 4.78 is 4.97. The number of rotatable bonds is 2. The van der Waals surface area contributed by atoms with E-state index in [0.717, 1.165) is 0 Å². The topological polar surface area (TPSA) is 33.6 Å². The van der Waals surface area contributed by atoms with Crippen LogP contribution < -0.4 is 5.43 Å². The minimum atomic E-state index is 0.676. The lowest BCUT2D eigenvalue weighted by molar-refractivity contribution is 0.321. The van der Waals surface area contributed by atoms with Crippen molar-refractivity contribution in [3.8, 4) is 0 Å². The summed E-state index contributed by atoms with van der Waals surface area (Å²) >= 11 is 0. The zero-order valence-electron chi connectivity index (χ0n) is 5.56. The second-order valence-corrected chi connectivity index (χ2v) is 1.29. The highest BCUT2D eigenvalue weighted by atomic mass is 16.5. The lowest BCUT2D eigenvalue weighted by Gasteiger charge is -1.98. The second kappa shape index (κ2) is 4.43. The molecule has 0 saturated carbocycles. The molecule has 0 heterocycles. The maximum Gasteiger partial charge on any atom is 0.202 e. The van der Waals surface area contributed by atoms with Gasteiger partial charge < -0.3 is 10.2 Å². The molecular weight excluding hydrogens is 104 g/mol. The third-order valence-electron chi connectivity index (χ3n) is 0.622. The Kier molecular flexibility index (Phi) is 4.03. The molecule has 0 atom stereocenters. The molecule has 3 heteroatoms. The Balaban J connectivity index is 3.29. The number of hydrogen-bond acceptors (Lipinski definition) is 3. The van der Waals surface area contributed by atoms with Crippen molar-refractivity contribution in [2.24, 2.45) is 5.10 Å². The summed E-state index contributed by atoms with van der Waals surface area (Å²) in [6, 6.07) is 0. The molecule has 0 aromatic carbocycles. The van der Waals surface area contributed by atoms with E-state index in [2.05, 4.69) is 10.5 Å². The van der Waals surface area contributed by atoms with Crippen molar-refractivity contribution in [3.63, 3.8) is 0 Å². The van der Waals surface area contributed by atoms with Gasteiger partial charge in [0.25, 0.3) is 0 Å². The molecule has 1 N–H and O–H groups in total. The van der Waals surface area contributed by atoms with E-state index >= 15 is 0 Å². The van der Waals surface area contributed by atoms with Crippen molar-refractivity contribution in [3.05, 3.63) is 0 Å². The minimum absolute atomic E-state index is 0.676. The van der Waals surface area contributed by atoms with Gasteiger partial charge in [-0.15, -0.1) is 5.10 Å². The molecule has 0 aliphatic carbocycles. The maximum absolute atomic E-state index is 4.97. The van der Waals surface area contributed by atoms with Crippen LogP contribution in [0.2, 0.25) is 0 Å². The van der Waals surface area contributed by atoms with E-state index in [1.807, 2.05) is 6.92 Å². The van der Waals surface area contributed by atoms with Crippen LogP contribution in [-0.2, 0) is 4.74 Å². The predicted octanol–water partition coefficient (Wildman–Crippen LogP) is 0.576. The number of nitrogens with zero attached hydrogens (tertiary/aromatic N) is 1. The zero-order valence-corrected chi connectivity index (χ0v) is 5.56. The van der Waals surface area contributed by atoms with Crippen LogP contribution in [0.25, 0.3) is 0 Å². The van der Waals surface area contributed by atoms with E-state index < -0.39 is 0 Å². The first-order valence-electron chi connectivity index (χ1n) is 2.65. The van der Waals surface area contributed by atoms with Crippen LogP contribution in [0.1, 0.15) is 13.8 Å². The lowest BCUT2D eigenvalue weighted by atomic mass is 10.7. The van der Waals surface area contributed by atoms with Crippen LogP contribution in [0.15, 0.2) is 5.10 Å². The van der Waals surface area contributed by atoms with Crippen molar-refractivity contribution < 1.29 is 4.74 Å². The Labute approximate surface area is 49.7 Å². The molecule has 0 aliphatic heterocycles. The number of ether oxygens (including phenoxy) is 1. The third kappa shape index (κ3) is 3.46. The van der Waals surface area contributed by atoms with Gasteiger partial charge >= 0.3 is 0 Å². The van der Waals surface area contributed by atoms with Crippen LogP contribution in [0.5, 0.6) is 0 Å². The molecule has 0 amide bonds. The van der Waals surface area contributed by atoms with E-state index in [1.165, 1.54) is 0 Å². The molecule has 3 nitrogen and oxygen atoms in total. The van der Waals surface area contributed by atoms with Crippen molar-refractivity contribution in [1.29, 1.82) is 0 Å². The summed E-state index contributed by atoms with van der Waals surface area (Å²) in [7, 11) is 1.74. The van der Waals surface area contributed by atoms with Gasteiger partial charge in [-0.25, -0.2) is 0 Å². The Morgan fingerprint density at radius 2 is 2.38 bits per heavy atom. The summed E-state index contributed by atoms with van der Waals surface area (Å²) in [5, 5.41) is 3.76. The highest BCUT2D eigenvalue weighted by molar-refractivity contribution is 5.72. The Morgan fingerprint density at radius 1 is 1.75 bits per heavy atom. The van der Waals surface area contributed by atoms with Crippen molar-refractivity contribution in [1.82, 2.24) is 5.43 Å². The molecule has 0 spiro atoms. The van der Waals surface area contributed by atoms with Gasteiger partial charge in [0.15, 0.2) is 0 Å². The average Bonchev–Trinajstić information content (AvgIpc) is 1.68. The van der Waals surface area contributed by atoms with E-state index in [1.54, 1.807) is 14.0 Å². The monoisotopic (exact) mass is 116 g/mol. The molecule has 0 radical (unpaired) electrons. The molecule has 0 fully saturated rings. The summed E-state index contributed by atoms with van der Waals surface area (Å²) in [5.41, 5.74) is 2.62. The smallest absolute Gasteiger partial charge is 0.202 e. The maximum atomic E-state index is 4.97.